The van der Waals surface area contributed by atoms with Gasteiger partial charge in [-0.2, -0.15) is 0 Å². The third-order valence-corrected chi connectivity index (χ3v) is 2.41. The summed E-state index contributed by atoms with van der Waals surface area (Å²) in [5.41, 5.74) is 5.23. The van der Waals surface area contributed by atoms with Crippen LogP contribution in [-0.4, -0.2) is 24.3 Å². The lowest BCUT2D eigenvalue weighted by atomic mass is 10.4. The van der Waals surface area contributed by atoms with E-state index in [0.717, 1.165) is 4.60 Å². The molecule has 1 aromatic rings. The van der Waals surface area contributed by atoms with Crippen LogP contribution in [0.4, 0.5) is 0 Å². The zero-order valence-corrected chi connectivity index (χ0v) is 9.37. The molecule has 4 nitrogen and oxygen atoms in total. The normalized spacial score (nSPS) is 10.4. The smallest absolute Gasteiger partial charge is 0.251 e. The number of rotatable bonds is 5. The van der Waals surface area contributed by atoms with Gasteiger partial charge in [-0.05, 0) is 22.0 Å². The van der Waals surface area contributed by atoms with Crippen molar-refractivity contribution in [3.05, 3.63) is 33.2 Å². The van der Waals surface area contributed by atoms with Crippen LogP contribution in [0, 0.1) is 0 Å². The summed E-state index contributed by atoms with van der Waals surface area (Å²) in [4.78, 5) is 11.4. The molecule has 14 heavy (non-hydrogen) atoms. The summed E-state index contributed by atoms with van der Waals surface area (Å²) >= 11 is 3.30. The molecule has 0 aliphatic carbocycles. The third-order valence-electron chi connectivity index (χ3n) is 1.72. The Morgan fingerprint density at radius 3 is 2.86 bits per heavy atom. The van der Waals surface area contributed by atoms with Crippen molar-refractivity contribution < 1.29 is 4.74 Å². The van der Waals surface area contributed by atoms with E-state index in [1.165, 1.54) is 6.07 Å². The van der Waals surface area contributed by atoms with E-state index < -0.39 is 0 Å². The number of aromatic nitrogens is 1. The van der Waals surface area contributed by atoms with Crippen LogP contribution >= 0.6 is 15.9 Å². The number of nitrogens with zero attached hydrogens (tertiary/aromatic N) is 1. The van der Waals surface area contributed by atoms with E-state index >= 15 is 0 Å². The molecule has 1 rings (SSSR count). The van der Waals surface area contributed by atoms with Crippen molar-refractivity contribution in [2.24, 2.45) is 5.73 Å². The van der Waals surface area contributed by atoms with Gasteiger partial charge >= 0.3 is 0 Å². The first kappa shape index (κ1) is 11.4. The Bertz CT molecular complexity index is 338. The molecule has 5 heteroatoms. The van der Waals surface area contributed by atoms with Gasteiger partial charge in [0.15, 0.2) is 0 Å². The van der Waals surface area contributed by atoms with Gasteiger partial charge in [0.25, 0.3) is 5.56 Å². The van der Waals surface area contributed by atoms with E-state index in [1.54, 1.807) is 10.6 Å². The van der Waals surface area contributed by atoms with Gasteiger partial charge in [0.1, 0.15) is 0 Å². The fraction of sp³-hybridized carbons (Fsp3) is 0.444. The van der Waals surface area contributed by atoms with Gasteiger partial charge in [-0.3, -0.25) is 4.79 Å². The Kier molecular flexibility index (Phi) is 4.86. The fourth-order valence-electron chi connectivity index (χ4n) is 1.05. The molecule has 0 amide bonds. The zero-order chi connectivity index (χ0) is 10.4. The van der Waals surface area contributed by atoms with Crippen LogP contribution in [0.3, 0.4) is 0 Å². The Hall–Kier alpha value is -0.650. The molecule has 0 radical (unpaired) electrons. The maximum Gasteiger partial charge on any atom is 0.251 e. The average Bonchev–Trinajstić information content (AvgIpc) is 2.16. The molecule has 1 aromatic heterocycles. The lowest BCUT2D eigenvalue weighted by Gasteiger charge is -2.07. The molecule has 0 bridgehead atoms. The topological polar surface area (TPSA) is 57.2 Å². The molecule has 0 unspecified atom stereocenters. The Labute approximate surface area is 90.8 Å². The van der Waals surface area contributed by atoms with Crippen LogP contribution < -0.4 is 11.3 Å². The van der Waals surface area contributed by atoms with E-state index in [-0.39, 0.29) is 5.56 Å². The monoisotopic (exact) mass is 260 g/mol. The molecular weight excluding hydrogens is 248 g/mol. The zero-order valence-electron chi connectivity index (χ0n) is 7.78. The number of halogens is 1. The standard InChI is InChI=1S/C9H13BrN2O2/c10-8-2-1-3-9(13)12(8)5-7-14-6-4-11/h1-3H,4-7,11H2. The SMILES string of the molecule is NCCOCCn1c(Br)cccc1=O. The molecule has 0 fully saturated rings. The van der Waals surface area contributed by atoms with E-state index in [0.29, 0.717) is 26.3 Å². The summed E-state index contributed by atoms with van der Waals surface area (Å²) in [6, 6.07) is 5.06. The minimum Gasteiger partial charge on any atom is -0.378 e. The average molecular weight is 261 g/mol. The van der Waals surface area contributed by atoms with Crippen LogP contribution in [0.5, 0.6) is 0 Å². The predicted octanol–water partition coefficient (Wildman–Crippen LogP) is 0.586. The quantitative estimate of drug-likeness (QED) is 0.623. The maximum atomic E-state index is 11.4. The highest BCUT2D eigenvalue weighted by Crippen LogP contribution is 2.05. The molecular formula is C9H13BrN2O2. The number of hydrogen-bond acceptors (Lipinski definition) is 3. The molecule has 0 aromatic carbocycles. The van der Waals surface area contributed by atoms with Crippen molar-refractivity contribution >= 4 is 15.9 Å². The van der Waals surface area contributed by atoms with Crippen molar-refractivity contribution in [2.75, 3.05) is 19.8 Å². The molecule has 0 atom stereocenters. The van der Waals surface area contributed by atoms with Crippen molar-refractivity contribution in [3.63, 3.8) is 0 Å². The van der Waals surface area contributed by atoms with E-state index in [4.69, 9.17) is 10.5 Å². The summed E-state index contributed by atoms with van der Waals surface area (Å²) in [7, 11) is 0. The molecule has 2 N–H and O–H groups in total. The summed E-state index contributed by atoms with van der Waals surface area (Å²) in [6.45, 7) is 2.07. The molecule has 78 valence electrons. The second-order valence-electron chi connectivity index (χ2n) is 2.74. The second kappa shape index (κ2) is 5.95. The molecule has 0 aliphatic rings. The molecule has 0 saturated carbocycles. The first-order chi connectivity index (χ1) is 6.75. The molecule has 0 spiro atoms. The van der Waals surface area contributed by atoms with Crippen molar-refractivity contribution in [1.29, 1.82) is 0 Å². The minimum atomic E-state index is -0.0317. The van der Waals surface area contributed by atoms with Gasteiger partial charge in [-0.1, -0.05) is 6.07 Å². The Balaban J connectivity index is 2.54. The van der Waals surface area contributed by atoms with Gasteiger partial charge < -0.3 is 15.0 Å². The second-order valence-corrected chi connectivity index (χ2v) is 3.55. The highest BCUT2D eigenvalue weighted by molar-refractivity contribution is 9.10. The predicted molar refractivity (Wildman–Crippen MR) is 58.3 cm³/mol. The van der Waals surface area contributed by atoms with Gasteiger partial charge in [0.05, 0.1) is 24.4 Å². The largest absolute Gasteiger partial charge is 0.378 e. The van der Waals surface area contributed by atoms with E-state index in [1.807, 2.05) is 6.07 Å². The lowest BCUT2D eigenvalue weighted by Crippen LogP contribution is -2.22. The lowest BCUT2D eigenvalue weighted by molar-refractivity contribution is 0.132. The summed E-state index contributed by atoms with van der Waals surface area (Å²) in [5.74, 6) is 0. The van der Waals surface area contributed by atoms with Crippen LogP contribution in [0.15, 0.2) is 27.6 Å². The van der Waals surface area contributed by atoms with Crippen LogP contribution in [-0.2, 0) is 11.3 Å². The highest BCUT2D eigenvalue weighted by Gasteiger charge is 1.99. The van der Waals surface area contributed by atoms with Gasteiger partial charge in [-0.15, -0.1) is 0 Å². The van der Waals surface area contributed by atoms with Crippen LogP contribution in [0.25, 0.3) is 0 Å². The molecule has 0 aliphatic heterocycles. The Morgan fingerprint density at radius 2 is 2.21 bits per heavy atom. The van der Waals surface area contributed by atoms with Crippen molar-refractivity contribution in [2.45, 2.75) is 6.54 Å². The van der Waals surface area contributed by atoms with Gasteiger partial charge in [-0.25, -0.2) is 0 Å². The van der Waals surface area contributed by atoms with Crippen molar-refractivity contribution in [3.8, 4) is 0 Å². The summed E-state index contributed by atoms with van der Waals surface area (Å²) < 4.78 is 7.56. The fourth-order valence-corrected chi connectivity index (χ4v) is 1.56. The Morgan fingerprint density at radius 1 is 1.43 bits per heavy atom. The third kappa shape index (κ3) is 3.25. The minimum absolute atomic E-state index is 0.0317. The van der Waals surface area contributed by atoms with Gasteiger partial charge in [0.2, 0.25) is 0 Å². The van der Waals surface area contributed by atoms with E-state index in [9.17, 15) is 4.79 Å². The van der Waals surface area contributed by atoms with Crippen molar-refractivity contribution in [1.82, 2.24) is 4.57 Å². The highest BCUT2D eigenvalue weighted by atomic mass is 79.9. The maximum absolute atomic E-state index is 11.4. The molecule has 1 heterocycles. The van der Waals surface area contributed by atoms with E-state index in [2.05, 4.69) is 15.9 Å². The van der Waals surface area contributed by atoms with Crippen LogP contribution in [0.1, 0.15) is 0 Å². The van der Waals surface area contributed by atoms with Gasteiger partial charge in [0, 0.05) is 12.6 Å². The number of ether oxygens (including phenoxy) is 1. The summed E-state index contributed by atoms with van der Waals surface area (Å²) in [6.07, 6.45) is 0. The first-order valence-electron chi connectivity index (χ1n) is 4.39. The number of nitrogens with two attached hydrogens (primary N) is 1. The number of pyridine rings is 1. The molecule has 0 saturated heterocycles. The number of hydrogen-bond donors (Lipinski definition) is 1. The summed E-state index contributed by atoms with van der Waals surface area (Å²) in [5, 5.41) is 0. The first-order valence-corrected chi connectivity index (χ1v) is 5.18. The van der Waals surface area contributed by atoms with Crippen LogP contribution in [0.2, 0.25) is 0 Å².